The van der Waals surface area contributed by atoms with Gasteiger partial charge in [0.25, 0.3) is 0 Å². The predicted molar refractivity (Wildman–Crippen MR) is 59.8 cm³/mol. The fraction of sp³-hybridized carbons (Fsp3) is 0.917. The predicted octanol–water partition coefficient (Wildman–Crippen LogP) is -0.175. The molecule has 1 unspecified atom stereocenters. The SMILES string of the molecule is CC(C(=O)N1CC(O)(C2CC2)C1)C1CNC1. The van der Waals surface area contributed by atoms with E-state index in [1.807, 2.05) is 11.8 Å². The minimum absolute atomic E-state index is 0.116. The Balaban J connectivity index is 1.53. The highest BCUT2D eigenvalue weighted by Crippen LogP contribution is 2.44. The first kappa shape index (κ1) is 10.5. The van der Waals surface area contributed by atoms with Crippen LogP contribution in [0.25, 0.3) is 0 Å². The Hall–Kier alpha value is -0.610. The second-order valence-corrected chi connectivity index (χ2v) is 5.78. The molecule has 1 saturated carbocycles. The van der Waals surface area contributed by atoms with Gasteiger partial charge in [-0.2, -0.15) is 0 Å². The zero-order valence-electron chi connectivity index (χ0n) is 9.78. The van der Waals surface area contributed by atoms with Gasteiger partial charge in [0.2, 0.25) is 5.91 Å². The van der Waals surface area contributed by atoms with Crippen molar-refractivity contribution in [3.05, 3.63) is 0 Å². The van der Waals surface area contributed by atoms with E-state index in [1.165, 1.54) is 0 Å². The van der Waals surface area contributed by atoms with Gasteiger partial charge < -0.3 is 15.3 Å². The zero-order valence-corrected chi connectivity index (χ0v) is 9.78. The maximum absolute atomic E-state index is 12.1. The van der Waals surface area contributed by atoms with Gasteiger partial charge in [-0.15, -0.1) is 0 Å². The minimum atomic E-state index is -0.534. The van der Waals surface area contributed by atoms with Crippen LogP contribution in [0.2, 0.25) is 0 Å². The van der Waals surface area contributed by atoms with Crippen molar-refractivity contribution in [2.75, 3.05) is 26.2 Å². The summed E-state index contributed by atoms with van der Waals surface area (Å²) in [7, 11) is 0. The summed E-state index contributed by atoms with van der Waals surface area (Å²) >= 11 is 0. The van der Waals surface area contributed by atoms with Crippen molar-refractivity contribution < 1.29 is 9.90 Å². The zero-order chi connectivity index (χ0) is 11.3. The van der Waals surface area contributed by atoms with Crippen molar-refractivity contribution in [3.63, 3.8) is 0 Å². The first-order valence-electron chi connectivity index (χ1n) is 6.32. The number of carbonyl (C=O) groups is 1. The average Bonchev–Trinajstić information content (AvgIpc) is 2.91. The van der Waals surface area contributed by atoms with Crippen LogP contribution in [0.3, 0.4) is 0 Å². The third-order valence-corrected chi connectivity index (χ3v) is 4.49. The third-order valence-electron chi connectivity index (χ3n) is 4.49. The highest BCUT2D eigenvalue weighted by molar-refractivity contribution is 5.80. The number of β-amino-alcohol motifs (C(OH)–C–C–N with tert-alkyl or cyclic N) is 1. The number of rotatable bonds is 3. The molecule has 1 aliphatic carbocycles. The topological polar surface area (TPSA) is 52.6 Å². The molecule has 4 heteroatoms. The van der Waals surface area contributed by atoms with Gasteiger partial charge in [-0.25, -0.2) is 0 Å². The minimum Gasteiger partial charge on any atom is -0.386 e. The van der Waals surface area contributed by atoms with Gasteiger partial charge in [0, 0.05) is 5.92 Å². The summed E-state index contributed by atoms with van der Waals surface area (Å²) in [5, 5.41) is 13.4. The molecule has 2 N–H and O–H groups in total. The number of amides is 1. The van der Waals surface area contributed by atoms with Crippen LogP contribution in [0.1, 0.15) is 19.8 Å². The summed E-state index contributed by atoms with van der Waals surface area (Å²) in [6, 6.07) is 0. The molecule has 0 aromatic rings. The summed E-state index contributed by atoms with van der Waals surface area (Å²) in [6.45, 7) is 5.09. The lowest BCUT2D eigenvalue weighted by atomic mass is 9.83. The Morgan fingerprint density at radius 3 is 2.50 bits per heavy atom. The molecule has 2 aliphatic heterocycles. The van der Waals surface area contributed by atoms with Gasteiger partial charge in [-0.3, -0.25) is 4.79 Å². The van der Waals surface area contributed by atoms with E-state index in [1.54, 1.807) is 0 Å². The van der Waals surface area contributed by atoms with Crippen molar-refractivity contribution in [1.82, 2.24) is 10.2 Å². The summed E-state index contributed by atoms with van der Waals surface area (Å²) in [4.78, 5) is 13.9. The number of aliphatic hydroxyl groups is 1. The summed E-state index contributed by atoms with van der Waals surface area (Å²) in [6.07, 6.45) is 2.28. The van der Waals surface area contributed by atoms with E-state index in [-0.39, 0.29) is 11.8 Å². The quantitative estimate of drug-likeness (QED) is 0.699. The molecule has 0 radical (unpaired) electrons. The Labute approximate surface area is 96.0 Å². The van der Waals surface area contributed by atoms with E-state index in [4.69, 9.17) is 0 Å². The maximum atomic E-state index is 12.1. The van der Waals surface area contributed by atoms with Gasteiger partial charge in [0.15, 0.2) is 0 Å². The van der Waals surface area contributed by atoms with Crippen molar-refractivity contribution >= 4 is 5.91 Å². The molecule has 1 amide bonds. The molecule has 0 spiro atoms. The third kappa shape index (κ3) is 1.55. The Kier molecular flexibility index (Phi) is 2.27. The first-order valence-corrected chi connectivity index (χ1v) is 6.32. The summed E-state index contributed by atoms with van der Waals surface area (Å²) < 4.78 is 0. The van der Waals surface area contributed by atoms with E-state index >= 15 is 0 Å². The van der Waals surface area contributed by atoms with Gasteiger partial charge in [0.1, 0.15) is 5.60 Å². The van der Waals surface area contributed by atoms with Crippen LogP contribution in [-0.2, 0) is 4.79 Å². The van der Waals surface area contributed by atoms with E-state index in [0.29, 0.717) is 24.9 Å². The van der Waals surface area contributed by atoms with Crippen molar-refractivity contribution in [2.45, 2.75) is 25.4 Å². The molecule has 0 aromatic heterocycles. The van der Waals surface area contributed by atoms with Gasteiger partial charge in [-0.1, -0.05) is 6.92 Å². The van der Waals surface area contributed by atoms with Crippen LogP contribution < -0.4 is 5.32 Å². The number of hydrogen-bond donors (Lipinski definition) is 2. The lowest BCUT2D eigenvalue weighted by Gasteiger charge is -2.49. The Morgan fingerprint density at radius 2 is 2.06 bits per heavy atom. The number of carbonyl (C=O) groups excluding carboxylic acids is 1. The molecular formula is C12H20N2O2. The van der Waals surface area contributed by atoms with Crippen LogP contribution in [0, 0.1) is 17.8 Å². The fourth-order valence-corrected chi connectivity index (χ4v) is 2.80. The molecule has 16 heavy (non-hydrogen) atoms. The Morgan fingerprint density at radius 1 is 1.44 bits per heavy atom. The van der Waals surface area contributed by atoms with Crippen LogP contribution in [0.15, 0.2) is 0 Å². The second-order valence-electron chi connectivity index (χ2n) is 5.78. The van der Waals surface area contributed by atoms with E-state index in [0.717, 1.165) is 25.9 Å². The number of nitrogens with zero attached hydrogens (tertiary/aromatic N) is 1. The van der Waals surface area contributed by atoms with E-state index in [9.17, 15) is 9.90 Å². The molecule has 1 atom stereocenters. The highest BCUT2D eigenvalue weighted by atomic mass is 16.3. The van der Waals surface area contributed by atoms with Gasteiger partial charge in [-0.05, 0) is 37.8 Å². The molecule has 4 nitrogen and oxygen atoms in total. The lowest BCUT2D eigenvalue weighted by molar-refractivity contribution is -0.165. The average molecular weight is 224 g/mol. The first-order chi connectivity index (χ1) is 7.60. The van der Waals surface area contributed by atoms with Crippen molar-refractivity contribution in [2.24, 2.45) is 17.8 Å². The fourth-order valence-electron chi connectivity index (χ4n) is 2.80. The molecular weight excluding hydrogens is 204 g/mol. The standard InChI is InChI=1S/C12H20N2O2/c1-8(9-4-13-5-9)11(15)14-6-12(16,7-14)10-2-3-10/h8-10,13,16H,2-7H2,1H3. The smallest absolute Gasteiger partial charge is 0.225 e. The van der Waals surface area contributed by atoms with Crippen LogP contribution >= 0.6 is 0 Å². The highest BCUT2D eigenvalue weighted by Gasteiger charge is 2.54. The molecule has 0 aromatic carbocycles. The van der Waals surface area contributed by atoms with Crippen molar-refractivity contribution in [1.29, 1.82) is 0 Å². The number of hydrogen-bond acceptors (Lipinski definition) is 3. The molecule has 2 heterocycles. The molecule has 3 aliphatic rings. The van der Waals surface area contributed by atoms with Crippen LogP contribution in [-0.4, -0.2) is 47.7 Å². The number of nitrogens with one attached hydrogen (secondary N) is 1. The monoisotopic (exact) mass is 224 g/mol. The van der Waals surface area contributed by atoms with Crippen LogP contribution in [0.4, 0.5) is 0 Å². The molecule has 2 saturated heterocycles. The molecule has 3 fully saturated rings. The molecule has 0 bridgehead atoms. The number of likely N-dealkylation sites (tertiary alicyclic amines) is 1. The maximum Gasteiger partial charge on any atom is 0.225 e. The summed E-state index contributed by atoms with van der Waals surface area (Å²) in [5.74, 6) is 1.32. The summed E-state index contributed by atoms with van der Waals surface area (Å²) in [5.41, 5.74) is -0.534. The lowest BCUT2D eigenvalue weighted by Crippen LogP contribution is -2.66. The Bertz CT molecular complexity index is 304. The normalized spacial score (nSPS) is 30.5. The second kappa shape index (κ2) is 3.44. The largest absolute Gasteiger partial charge is 0.386 e. The van der Waals surface area contributed by atoms with E-state index in [2.05, 4.69) is 5.32 Å². The van der Waals surface area contributed by atoms with Crippen LogP contribution in [0.5, 0.6) is 0 Å². The van der Waals surface area contributed by atoms with E-state index < -0.39 is 5.60 Å². The molecule has 3 rings (SSSR count). The molecule has 90 valence electrons. The van der Waals surface area contributed by atoms with Gasteiger partial charge >= 0.3 is 0 Å². The van der Waals surface area contributed by atoms with Crippen molar-refractivity contribution in [3.8, 4) is 0 Å². The van der Waals surface area contributed by atoms with Gasteiger partial charge in [0.05, 0.1) is 13.1 Å².